The molecule has 0 radical (unpaired) electrons. The van der Waals surface area contributed by atoms with Gasteiger partial charge in [0.1, 0.15) is 26.2 Å². The molecule has 0 fully saturated rings. The molecule has 0 atom stereocenters. The molecule has 10 rings (SSSR count). The summed E-state index contributed by atoms with van der Waals surface area (Å²) < 4.78 is 0.967. The minimum Gasteiger partial charge on any atom is -0.696 e. The van der Waals surface area contributed by atoms with Gasteiger partial charge in [-0.05, 0) is 90.3 Å². The van der Waals surface area contributed by atoms with Crippen LogP contribution in [0.4, 0.5) is 0 Å². The minimum absolute atomic E-state index is 0.967. The Morgan fingerprint density at radius 2 is 0.800 bits per heavy atom. The van der Waals surface area contributed by atoms with E-state index in [4.69, 9.17) is 5.26 Å². The second kappa shape index (κ2) is 11.8. The van der Waals surface area contributed by atoms with E-state index in [1.54, 1.807) is 0 Å². The molecule has 0 N–H and O–H groups in total. The van der Waals surface area contributed by atoms with Gasteiger partial charge in [0.25, 0.3) is 0 Å². The van der Waals surface area contributed by atoms with Gasteiger partial charge in [0.05, 0.1) is 0 Å². The Bertz CT molecular complexity index is 2530. The number of quaternary nitrogens is 1. The van der Waals surface area contributed by atoms with Gasteiger partial charge >= 0.3 is 0 Å². The maximum atomic E-state index is 7.13. The molecule has 0 bridgehead atoms. The molecule has 2 heterocycles. The molecule has 8 aromatic carbocycles. The zero-order valence-corrected chi connectivity index (χ0v) is 29.1. The van der Waals surface area contributed by atoms with Gasteiger partial charge in [0, 0.05) is 22.3 Å². The third kappa shape index (κ3) is 4.71. The smallest absolute Gasteiger partial charge is 0.106 e. The number of thiocyanates is 1. The van der Waals surface area contributed by atoms with Crippen LogP contribution in [0.25, 0.3) is 65.3 Å². The van der Waals surface area contributed by atoms with Gasteiger partial charge in [0.2, 0.25) is 0 Å². The van der Waals surface area contributed by atoms with E-state index in [1.165, 1.54) is 104 Å². The first-order valence-corrected chi connectivity index (χ1v) is 17.8. The molecule has 0 aliphatic carbocycles. The van der Waals surface area contributed by atoms with Crippen LogP contribution < -0.4 is 0 Å². The predicted octanol–water partition coefficient (Wildman–Crippen LogP) is 11.8. The first-order valence-electron chi connectivity index (χ1n) is 17.4. The Balaban J connectivity index is 0.00000109. The highest BCUT2D eigenvalue weighted by molar-refractivity contribution is 7.64. The molecule has 50 heavy (non-hydrogen) atoms. The molecule has 0 saturated heterocycles. The maximum absolute atomic E-state index is 7.13. The van der Waals surface area contributed by atoms with E-state index in [0.29, 0.717) is 0 Å². The zero-order valence-electron chi connectivity index (χ0n) is 28.3. The second-order valence-corrected chi connectivity index (χ2v) is 14.4. The first kappa shape index (κ1) is 30.5. The average molecular weight is 661 g/mol. The Kier molecular flexibility index (Phi) is 7.21. The number of benzene rings is 8. The van der Waals surface area contributed by atoms with Crippen LogP contribution in [0, 0.1) is 24.5 Å². The van der Waals surface area contributed by atoms with Crippen molar-refractivity contribution in [3.05, 3.63) is 167 Å². The van der Waals surface area contributed by atoms with E-state index in [9.17, 15) is 0 Å². The van der Waals surface area contributed by atoms with E-state index >= 15 is 0 Å². The summed E-state index contributed by atoms with van der Waals surface area (Å²) in [6, 6.07) is 50.6. The van der Waals surface area contributed by atoms with Gasteiger partial charge in [-0.3, -0.25) is 0 Å². The van der Waals surface area contributed by atoms with E-state index in [1.807, 2.05) is 0 Å². The second-order valence-electron chi connectivity index (χ2n) is 14.2. The number of nitriles is 1. The van der Waals surface area contributed by atoms with Crippen LogP contribution in [0.5, 0.6) is 0 Å². The van der Waals surface area contributed by atoms with Gasteiger partial charge in [-0.15, -0.1) is 0 Å². The number of hydrogen-bond acceptors (Lipinski definition) is 2. The molecule has 3 heteroatoms. The fourth-order valence-electron chi connectivity index (χ4n) is 9.26. The van der Waals surface area contributed by atoms with Crippen LogP contribution in [0.3, 0.4) is 0 Å². The Hall–Kier alpha value is -5.53. The van der Waals surface area contributed by atoms with Gasteiger partial charge < -0.3 is 17.1 Å². The maximum Gasteiger partial charge on any atom is 0.106 e. The fraction of sp³-hybridized carbons (Fsp3) is 0.128. The van der Waals surface area contributed by atoms with E-state index in [0.717, 1.165) is 30.7 Å². The number of aryl methyl sites for hydroxylation is 2. The van der Waals surface area contributed by atoms with Gasteiger partial charge in [0.15, 0.2) is 0 Å². The van der Waals surface area contributed by atoms with Gasteiger partial charge in [-0.25, -0.2) is 5.26 Å². The van der Waals surface area contributed by atoms with E-state index in [-0.39, 0.29) is 0 Å². The standard InChI is InChI=1S/C46H36N.CHNS/c1-29-23-33-13-5-9-17-39(33)45-41(29)27-47(28-42-30(2)24-34-14-6-10-18-40(34)46(42)45)25-35-21-19-31-11-3-7-15-37(31)43(35)44-36(26-47)22-20-32-12-4-8-16-38(32)44;2-1-3/h3-24H,25-28H2,1-2H3;3H/q+1;/p-1. The number of hydrogen-bond donors (Lipinski definition) is 0. The molecular weight excluding hydrogens is 625 g/mol. The molecule has 1 spiro atoms. The Labute approximate surface area is 298 Å². The molecule has 0 unspecified atom stereocenters. The number of nitrogens with zero attached hydrogens (tertiary/aromatic N) is 2. The fourth-order valence-corrected chi connectivity index (χ4v) is 9.26. The van der Waals surface area contributed by atoms with Crippen molar-refractivity contribution >= 4 is 55.7 Å². The normalized spacial score (nSPS) is 14.1. The first-order chi connectivity index (χ1) is 24.5. The van der Waals surface area contributed by atoms with Crippen molar-refractivity contribution in [1.82, 2.24) is 0 Å². The number of rotatable bonds is 0. The molecular formula is C47H36N2S. The van der Waals surface area contributed by atoms with Crippen molar-refractivity contribution in [3.63, 3.8) is 0 Å². The summed E-state index contributed by atoms with van der Waals surface area (Å²) in [5.41, 5.74) is 14.5. The van der Waals surface area contributed by atoms with Crippen LogP contribution in [-0.2, 0) is 38.8 Å². The van der Waals surface area contributed by atoms with Crippen LogP contribution in [0.15, 0.2) is 133 Å². The summed E-state index contributed by atoms with van der Waals surface area (Å²) in [5.74, 6) is 0. The minimum atomic E-state index is 0.967. The molecule has 0 aromatic heterocycles. The van der Waals surface area contributed by atoms with Crippen molar-refractivity contribution in [2.75, 3.05) is 0 Å². The molecule has 0 amide bonds. The van der Waals surface area contributed by atoms with Crippen molar-refractivity contribution < 1.29 is 4.48 Å². The number of fused-ring (bicyclic) bond motifs is 14. The van der Waals surface area contributed by atoms with Crippen LogP contribution >= 0.6 is 0 Å². The third-order valence-electron chi connectivity index (χ3n) is 11.3. The topological polar surface area (TPSA) is 23.8 Å². The monoisotopic (exact) mass is 660 g/mol. The summed E-state index contributed by atoms with van der Waals surface area (Å²) in [6.45, 7) is 8.66. The highest BCUT2D eigenvalue weighted by atomic mass is 32.1. The summed E-state index contributed by atoms with van der Waals surface area (Å²) >= 11 is 3.70. The summed E-state index contributed by atoms with van der Waals surface area (Å²) in [6.07, 6.45) is 0. The van der Waals surface area contributed by atoms with E-state index < -0.39 is 0 Å². The molecule has 8 aromatic rings. The van der Waals surface area contributed by atoms with Crippen LogP contribution in [0.2, 0.25) is 0 Å². The lowest BCUT2D eigenvalue weighted by molar-refractivity contribution is -0.978. The predicted molar refractivity (Wildman–Crippen MR) is 211 cm³/mol. The lowest BCUT2D eigenvalue weighted by Gasteiger charge is -2.38. The Morgan fingerprint density at radius 3 is 1.20 bits per heavy atom. The lowest BCUT2D eigenvalue weighted by Crippen LogP contribution is -2.44. The molecule has 0 saturated carbocycles. The summed E-state index contributed by atoms with van der Waals surface area (Å²) in [5, 5.41) is 19.2. The summed E-state index contributed by atoms with van der Waals surface area (Å²) in [7, 11) is 0. The van der Waals surface area contributed by atoms with Gasteiger partial charge in [-0.1, -0.05) is 139 Å². The van der Waals surface area contributed by atoms with Crippen molar-refractivity contribution in [2.45, 2.75) is 40.0 Å². The molecule has 2 nitrogen and oxygen atoms in total. The largest absolute Gasteiger partial charge is 0.696 e. The molecule has 2 aliphatic rings. The van der Waals surface area contributed by atoms with E-state index in [2.05, 4.69) is 160 Å². The summed E-state index contributed by atoms with van der Waals surface area (Å²) in [4.78, 5) is 0. The van der Waals surface area contributed by atoms with Crippen molar-refractivity contribution in [1.29, 1.82) is 5.26 Å². The third-order valence-corrected chi connectivity index (χ3v) is 11.3. The molecule has 240 valence electrons. The molecule has 2 aliphatic heterocycles. The Morgan fingerprint density at radius 1 is 0.460 bits per heavy atom. The lowest BCUT2D eigenvalue weighted by atomic mass is 9.85. The SMILES string of the molecule is Cc1cc2ccccc2c2c1C[N+]1(Cc3ccc4ccccc4c3-c3c(ccc4ccccc34)C1)Cc1c(C)cc3ccccc3c1-2.N#C[S-]. The zero-order chi connectivity index (χ0) is 34.0. The van der Waals surface area contributed by atoms with Crippen molar-refractivity contribution in [2.24, 2.45) is 0 Å². The van der Waals surface area contributed by atoms with Crippen LogP contribution in [-0.4, -0.2) is 4.48 Å². The van der Waals surface area contributed by atoms with Gasteiger partial charge in [-0.2, -0.15) is 0 Å². The average Bonchev–Trinajstić information content (AvgIpc) is 3.38. The van der Waals surface area contributed by atoms with Crippen LogP contribution in [0.1, 0.15) is 33.4 Å². The van der Waals surface area contributed by atoms with Crippen molar-refractivity contribution in [3.8, 4) is 27.7 Å². The quantitative estimate of drug-likeness (QED) is 0.0918. The highest BCUT2D eigenvalue weighted by Crippen LogP contribution is 2.50. The highest BCUT2D eigenvalue weighted by Gasteiger charge is 2.40.